The molecule has 0 aromatic heterocycles. The minimum Gasteiger partial charge on any atom is -0.492 e. The number of fused-ring (bicyclic) bond motifs is 1. The predicted octanol–water partition coefficient (Wildman–Crippen LogP) is 0.721. The van der Waals surface area contributed by atoms with Crippen molar-refractivity contribution in [3.05, 3.63) is 53.6 Å². The van der Waals surface area contributed by atoms with E-state index in [1.807, 2.05) is 0 Å². The number of hydrogen-bond donors (Lipinski definition) is 5. The fourth-order valence-electron chi connectivity index (χ4n) is 3.33. The summed E-state index contributed by atoms with van der Waals surface area (Å²) in [5, 5.41) is 20.1. The van der Waals surface area contributed by atoms with E-state index in [4.69, 9.17) is 31.2 Å². The summed E-state index contributed by atoms with van der Waals surface area (Å²) in [5.41, 5.74) is 12.1. The zero-order valence-corrected chi connectivity index (χ0v) is 17.8. The molecule has 0 radical (unpaired) electrons. The molecule has 2 atom stereocenters. The Bertz CT molecular complexity index is 1140. The van der Waals surface area contributed by atoms with Gasteiger partial charge in [0.05, 0.1) is 24.3 Å². The van der Waals surface area contributed by atoms with Gasteiger partial charge in [0.1, 0.15) is 17.5 Å². The Morgan fingerprint density at radius 2 is 1.82 bits per heavy atom. The van der Waals surface area contributed by atoms with E-state index in [0.29, 0.717) is 17.0 Å². The first-order valence-electron chi connectivity index (χ1n) is 10.0. The average Bonchev–Trinajstić information content (AvgIpc) is 3.14. The molecule has 0 bridgehead atoms. The molecule has 12 heteroatoms. The summed E-state index contributed by atoms with van der Waals surface area (Å²) in [6.07, 6.45) is -0.831. The minimum absolute atomic E-state index is 0.0995. The highest BCUT2D eigenvalue weighted by atomic mass is 16.5. The van der Waals surface area contributed by atoms with E-state index in [2.05, 4.69) is 10.3 Å². The van der Waals surface area contributed by atoms with Gasteiger partial charge in [0, 0.05) is 24.0 Å². The molecule has 7 N–H and O–H groups in total. The summed E-state index contributed by atoms with van der Waals surface area (Å²) < 4.78 is 11.0. The standard InChI is InChI=1S/C22H22N4O8/c23-22(24)25-13-3-1-11(2-4-13)21(32)34-14-5-6-15-12(10-33-17(15)8-14)7-18(27)26-16(20(30)31)9-19(28)29/h1-6,8,12,16H,7,9-10H2,(H,26,27)(H,28,29)(H,30,31)(H4,23,24,25)/t12-,16?/m1/s1. The molecule has 0 aliphatic carbocycles. The highest BCUT2D eigenvalue weighted by molar-refractivity contribution is 5.91. The molecule has 12 nitrogen and oxygen atoms in total. The fourth-order valence-corrected chi connectivity index (χ4v) is 3.33. The van der Waals surface area contributed by atoms with Crippen molar-refractivity contribution < 1.29 is 38.9 Å². The number of carboxylic acids is 2. The molecule has 0 spiro atoms. The Morgan fingerprint density at radius 3 is 2.44 bits per heavy atom. The van der Waals surface area contributed by atoms with Crippen LogP contribution < -0.4 is 26.3 Å². The number of carbonyl (C=O) groups is 4. The van der Waals surface area contributed by atoms with Crippen LogP contribution in [0.4, 0.5) is 5.69 Å². The molecule has 1 aliphatic rings. The summed E-state index contributed by atoms with van der Waals surface area (Å²) in [4.78, 5) is 50.4. The van der Waals surface area contributed by atoms with E-state index in [9.17, 15) is 19.2 Å². The van der Waals surface area contributed by atoms with E-state index in [0.717, 1.165) is 0 Å². The van der Waals surface area contributed by atoms with E-state index in [1.165, 1.54) is 18.2 Å². The van der Waals surface area contributed by atoms with Gasteiger partial charge in [-0.25, -0.2) is 14.6 Å². The van der Waals surface area contributed by atoms with Crippen LogP contribution in [0, 0.1) is 0 Å². The lowest BCUT2D eigenvalue weighted by Gasteiger charge is -2.14. The van der Waals surface area contributed by atoms with Crippen LogP contribution in [-0.2, 0) is 14.4 Å². The SMILES string of the molecule is NC(N)=Nc1ccc(C(=O)Oc2ccc3c(c2)OC[C@H]3CC(=O)NC(CC(=O)O)C(=O)O)cc1. The lowest BCUT2D eigenvalue weighted by Crippen LogP contribution is -2.42. The molecule has 1 aliphatic heterocycles. The molecular weight excluding hydrogens is 448 g/mol. The maximum Gasteiger partial charge on any atom is 0.343 e. The maximum atomic E-state index is 12.4. The number of guanidine groups is 1. The Hall–Kier alpha value is -4.61. The molecule has 1 heterocycles. The van der Waals surface area contributed by atoms with Gasteiger partial charge in [0.2, 0.25) is 5.91 Å². The van der Waals surface area contributed by atoms with Crippen molar-refractivity contribution in [2.45, 2.75) is 24.8 Å². The number of hydrogen-bond acceptors (Lipinski definition) is 7. The number of aliphatic carboxylic acids is 2. The summed E-state index contributed by atoms with van der Waals surface area (Å²) in [6.45, 7) is 0.156. The van der Waals surface area contributed by atoms with Gasteiger partial charge in [-0.15, -0.1) is 0 Å². The summed E-state index contributed by atoms with van der Waals surface area (Å²) in [5.74, 6) is -3.82. The number of ether oxygens (including phenoxy) is 2. The topological polar surface area (TPSA) is 204 Å². The van der Waals surface area contributed by atoms with Crippen LogP contribution >= 0.6 is 0 Å². The van der Waals surface area contributed by atoms with Crippen molar-refractivity contribution in [3.63, 3.8) is 0 Å². The number of rotatable bonds is 9. The van der Waals surface area contributed by atoms with Crippen LogP contribution in [0.3, 0.4) is 0 Å². The average molecular weight is 470 g/mol. The molecular formula is C22H22N4O8. The van der Waals surface area contributed by atoms with Gasteiger partial charge in [-0.05, 0) is 30.3 Å². The van der Waals surface area contributed by atoms with Gasteiger partial charge in [-0.2, -0.15) is 0 Å². The minimum atomic E-state index is -1.53. The first kappa shape index (κ1) is 24.0. The fraction of sp³-hybridized carbons (Fsp3) is 0.227. The van der Waals surface area contributed by atoms with Crippen LogP contribution in [0.5, 0.6) is 11.5 Å². The molecule has 0 fully saturated rings. The monoisotopic (exact) mass is 470 g/mol. The molecule has 1 amide bonds. The molecule has 3 rings (SSSR count). The van der Waals surface area contributed by atoms with Crippen molar-refractivity contribution in [2.24, 2.45) is 16.5 Å². The Labute approximate surface area is 193 Å². The van der Waals surface area contributed by atoms with E-state index < -0.39 is 36.3 Å². The highest BCUT2D eigenvalue weighted by Crippen LogP contribution is 2.38. The van der Waals surface area contributed by atoms with Crippen LogP contribution in [0.25, 0.3) is 0 Å². The van der Waals surface area contributed by atoms with Crippen molar-refractivity contribution in [2.75, 3.05) is 6.61 Å². The highest BCUT2D eigenvalue weighted by Gasteiger charge is 2.29. The predicted molar refractivity (Wildman–Crippen MR) is 118 cm³/mol. The van der Waals surface area contributed by atoms with E-state index in [1.54, 1.807) is 24.3 Å². The number of carboxylic acid groups (broad SMARTS) is 2. The van der Waals surface area contributed by atoms with E-state index in [-0.39, 0.29) is 36.2 Å². The van der Waals surface area contributed by atoms with Crippen molar-refractivity contribution >= 4 is 35.5 Å². The lowest BCUT2D eigenvalue weighted by molar-refractivity contribution is -0.147. The summed E-state index contributed by atoms with van der Waals surface area (Å²) in [7, 11) is 0. The first-order valence-corrected chi connectivity index (χ1v) is 10.0. The van der Waals surface area contributed by atoms with Crippen LogP contribution in [0.1, 0.15) is 34.7 Å². The molecule has 0 saturated heterocycles. The van der Waals surface area contributed by atoms with Gasteiger partial charge in [0.25, 0.3) is 0 Å². The van der Waals surface area contributed by atoms with Crippen molar-refractivity contribution in [1.29, 1.82) is 0 Å². The van der Waals surface area contributed by atoms with Gasteiger partial charge in [-0.1, -0.05) is 6.07 Å². The number of nitrogens with one attached hydrogen (secondary N) is 1. The smallest absolute Gasteiger partial charge is 0.343 e. The zero-order chi connectivity index (χ0) is 24.8. The van der Waals surface area contributed by atoms with Gasteiger partial charge in [-0.3, -0.25) is 9.59 Å². The first-order chi connectivity index (χ1) is 16.1. The van der Waals surface area contributed by atoms with Gasteiger partial charge < -0.3 is 36.5 Å². The molecule has 2 aromatic rings. The second-order valence-electron chi connectivity index (χ2n) is 7.44. The summed E-state index contributed by atoms with van der Waals surface area (Å²) >= 11 is 0. The lowest BCUT2D eigenvalue weighted by atomic mass is 9.97. The summed E-state index contributed by atoms with van der Waals surface area (Å²) in [6, 6.07) is 9.33. The number of aliphatic imine (C=N–C) groups is 1. The third-order valence-corrected chi connectivity index (χ3v) is 4.88. The van der Waals surface area contributed by atoms with Crippen LogP contribution in [-0.4, -0.2) is 52.6 Å². The largest absolute Gasteiger partial charge is 0.492 e. The molecule has 34 heavy (non-hydrogen) atoms. The second kappa shape index (κ2) is 10.3. The van der Waals surface area contributed by atoms with Gasteiger partial charge >= 0.3 is 17.9 Å². The third-order valence-electron chi connectivity index (χ3n) is 4.88. The number of carbonyl (C=O) groups excluding carboxylic acids is 2. The van der Waals surface area contributed by atoms with Crippen molar-refractivity contribution in [3.8, 4) is 11.5 Å². The molecule has 1 unspecified atom stereocenters. The van der Waals surface area contributed by atoms with E-state index >= 15 is 0 Å². The number of esters is 1. The number of nitrogens with zero attached hydrogens (tertiary/aromatic N) is 1. The van der Waals surface area contributed by atoms with Crippen LogP contribution in [0.2, 0.25) is 0 Å². The molecule has 2 aromatic carbocycles. The maximum absolute atomic E-state index is 12.4. The number of amides is 1. The van der Waals surface area contributed by atoms with Crippen molar-refractivity contribution in [1.82, 2.24) is 5.32 Å². The number of benzene rings is 2. The van der Waals surface area contributed by atoms with Crippen LogP contribution in [0.15, 0.2) is 47.5 Å². The quantitative estimate of drug-likeness (QED) is 0.150. The zero-order valence-electron chi connectivity index (χ0n) is 17.8. The molecule has 0 saturated carbocycles. The Morgan fingerprint density at radius 1 is 1.12 bits per heavy atom. The molecule has 178 valence electrons. The second-order valence-corrected chi connectivity index (χ2v) is 7.44. The van der Waals surface area contributed by atoms with Gasteiger partial charge in [0.15, 0.2) is 5.96 Å². The number of nitrogens with two attached hydrogens (primary N) is 2. The Balaban J connectivity index is 1.62. The normalized spacial score (nSPS) is 14.8. The Kier molecular flexibility index (Phi) is 7.31. The third kappa shape index (κ3) is 6.22.